The summed E-state index contributed by atoms with van der Waals surface area (Å²) < 4.78 is 12.3. The largest absolute Gasteiger partial charge is 0.454 e. The Bertz CT molecular complexity index is 859. The van der Waals surface area contributed by atoms with E-state index in [1.165, 1.54) is 0 Å². The van der Waals surface area contributed by atoms with Gasteiger partial charge in [0.15, 0.2) is 6.61 Å². The quantitative estimate of drug-likeness (QED) is 0.561. The van der Waals surface area contributed by atoms with Crippen molar-refractivity contribution in [3.63, 3.8) is 0 Å². The average Bonchev–Trinajstić information content (AvgIpc) is 3.02. The highest BCUT2D eigenvalue weighted by Crippen LogP contribution is 2.24. The summed E-state index contributed by atoms with van der Waals surface area (Å²) in [7, 11) is 0. The minimum absolute atomic E-state index is 0.238. The third-order valence-corrected chi connectivity index (χ3v) is 5.21. The van der Waals surface area contributed by atoms with Gasteiger partial charge in [-0.2, -0.15) is 5.10 Å². The number of ether oxygens (including phenoxy) is 2. The highest BCUT2D eigenvalue weighted by atomic mass is 35.5. The second-order valence-electron chi connectivity index (χ2n) is 6.78. The maximum atomic E-state index is 12.6. The lowest BCUT2D eigenvalue weighted by Crippen LogP contribution is -2.22. The SMILES string of the molecule is CCc1nn(CC2CCOCC2)c(N)c1C(=O)OCC(=O)c1ccccc1Cl. The van der Waals surface area contributed by atoms with Crippen molar-refractivity contribution in [1.29, 1.82) is 0 Å². The number of rotatable bonds is 7. The molecule has 0 aliphatic carbocycles. The van der Waals surface area contributed by atoms with E-state index in [9.17, 15) is 9.59 Å². The van der Waals surface area contributed by atoms with Crippen LogP contribution < -0.4 is 5.73 Å². The molecule has 1 aliphatic rings. The number of anilines is 1. The minimum Gasteiger partial charge on any atom is -0.454 e. The van der Waals surface area contributed by atoms with E-state index in [-0.39, 0.29) is 17.2 Å². The van der Waals surface area contributed by atoms with Gasteiger partial charge in [-0.05, 0) is 37.3 Å². The number of aryl methyl sites for hydroxylation is 1. The summed E-state index contributed by atoms with van der Waals surface area (Å²) in [6.07, 6.45) is 2.41. The van der Waals surface area contributed by atoms with E-state index in [1.54, 1.807) is 28.9 Å². The molecule has 28 heavy (non-hydrogen) atoms. The van der Waals surface area contributed by atoms with Gasteiger partial charge in [-0.25, -0.2) is 9.48 Å². The first-order valence-electron chi connectivity index (χ1n) is 9.39. The van der Waals surface area contributed by atoms with Crippen molar-refractivity contribution in [1.82, 2.24) is 9.78 Å². The molecule has 0 bridgehead atoms. The summed E-state index contributed by atoms with van der Waals surface area (Å²) in [5, 5.41) is 4.81. The molecule has 2 aromatic rings. The number of ketones is 1. The van der Waals surface area contributed by atoms with Gasteiger partial charge in [0.2, 0.25) is 5.78 Å². The molecule has 0 spiro atoms. The van der Waals surface area contributed by atoms with Gasteiger partial charge in [0.05, 0.1) is 10.7 Å². The molecule has 2 heterocycles. The number of esters is 1. The molecule has 1 aromatic carbocycles. The Labute approximate surface area is 168 Å². The topological polar surface area (TPSA) is 96.4 Å². The van der Waals surface area contributed by atoms with Crippen molar-refractivity contribution in [3.8, 4) is 0 Å². The van der Waals surface area contributed by atoms with Gasteiger partial charge in [0, 0.05) is 25.3 Å². The van der Waals surface area contributed by atoms with Crippen molar-refractivity contribution in [3.05, 3.63) is 46.1 Å². The molecule has 1 fully saturated rings. The molecule has 0 unspecified atom stereocenters. The van der Waals surface area contributed by atoms with Crippen LogP contribution in [-0.4, -0.2) is 41.4 Å². The Balaban J connectivity index is 1.70. The van der Waals surface area contributed by atoms with E-state index >= 15 is 0 Å². The lowest BCUT2D eigenvalue weighted by atomic mass is 10.0. The van der Waals surface area contributed by atoms with Gasteiger partial charge in [-0.3, -0.25) is 4.79 Å². The lowest BCUT2D eigenvalue weighted by Gasteiger charge is -2.22. The number of aromatic nitrogens is 2. The summed E-state index contributed by atoms with van der Waals surface area (Å²) >= 11 is 6.02. The van der Waals surface area contributed by atoms with Gasteiger partial charge < -0.3 is 15.2 Å². The van der Waals surface area contributed by atoms with Gasteiger partial charge >= 0.3 is 5.97 Å². The second-order valence-corrected chi connectivity index (χ2v) is 7.18. The molecule has 7 nitrogen and oxygen atoms in total. The molecule has 0 radical (unpaired) electrons. The molecule has 1 saturated heterocycles. The zero-order valence-electron chi connectivity index (χ0n) is 15.8. The second kappa shape index (κ2) is 9.21. The van der Waals surface area contributed by atoms with Crippen LogP contribution in [0.1, 0.15) is 46.2 Å². The van der Waals surface area contributed by atoms with Crippen LogP contribution in [0.2, 0.25) is 5.02 Å². The molecule has 8 heteroatoms. The smallest absolute Gasteiger partial charge is 0.344 e. The predicted molar refractivity (Wildman–Crippen MR) is 106 cm³/mol. The number of carbonyl (C=O) groups is 2. The number of halogens is 1. The zero-order chi connectivity index (χ0) is 20.1. The summed E-state index contributed by atoms with van der Waals surface area (Å²) in [5.41, 5.74) is 7.32. The fourth-order valence-electron chi connectivity index (χ4n) is 3.28. The Kier molecular flexibility index (Phi) is 6.70. The van der Waals surface area contributed by atoms with Crippen LogP contribution in [0.15, 0.2) is 24.3 Å². The molecule has 0 amide bonds. The third-order valence-electron chi connectivity index (χ3n) is 4.88. The lowest BCUT2D eigenvalue weighted by molar-refractivity contribution is 0.0474. The molecule has 2 N–H and O–H groups in total. The Hall–Kier alpha value is -2.38. The number of nitrogens with zero attached hydrogens (tertiary/aromatic N) is 2. The highest BCUT2D eigenvalue weighted by Gasteiger charge is 2.25. The van der Waals surface area contributed by atoms with Crippen molar-refractivity contribution in [2.45, 2.75) is 32.7 Å². The van der Waals surface area contributed by atoms with Crippen molar-refractivity contribution in [2.24, 2.45) is 5.92 Å². The molecule has 0 saturated carbocycles. The van der Waals surface area contributed by atoms with Crippen molar-refractivity contribution >= 4 is 29.2 Å². The third kappa shape index (κ3) is 4.54. The number of Topliss-reactive ketones (excluding diaryl/α,β-unsaturated/α-hetero) is 1. The first-order valence-corrected chi connectivity index (χ1v) is 9.76. The normalized spacial score (nSPS) is 14.8. The monoisotopic (exact) mass is 405 g/mol. The first-order chi connectivity index (χ1) is 13.5. The fraction of sp³-hybridized carbons (Fsp3) is 0.450. The Morgan fingerprint density at radius 1 is 1.32 bits per heavy atom. The van der Waals surface area contributed by atoms with Crippen LogP contribution in [0.5, 0.6) is 0 Å². The minimum atomic E-state index is -0.645. The van der Waals surface area contributed by atoms with Gasteiger partial charge in [-0.15, -0.1) is 0 Å². The number of hydrogen-bond acceptors (Lipinski definition) is 6. The molecular formula is C20H24ClN3O4. The van der Waals surface area contributed by atoms with Gasteiger partial charge in [0.1, 0.15) is 11.4 Å². The molecule has 3 rings (SSSR count). The molecule has 150 valence electrons. The first kappa shape index (κ1) is 20.4. The van der Waals surface area contributed by atoms with E-state index in [1.807, 2.05) is 6.92 Å². The summed E-state index contributed by atoms with van der Waals surface area (Å²) in [6.45, 7) is 3.58. The van der Waals surface area contributed by atoms with Crippen LogP contribution in [0.25, 0.3) is 0 Å². The van der Waals surface area contributed by atoms with Gasteiger partial charge in [-0.1, -0.05) is 30.7 Å². The standard InChI is InChI=1S/C20H24ClN3O4/c1-2-16-18(19(22)24(23-16)11-13-7-9-27-10-8-13)20(26)28-12-17(25)14-5-3-4-6-15(14)21/h3-6,13H,2,7-12,22H2,1H3. The number of nitrogen functional groups attached to an aromatic ring is 1. The Morgan fingerprint density at radius 3 is 2.71 bits per heavy atom. The maximum absolute atomic E-state index is 12.6. The number of nitrogens with two attached hydrogens (primary N) is 1. The molecular weight excluding hydrogens is 382 g/mol. The maximum Gasteiger partial charge on any atom is 0.344 e. The van der Waals surface area contributed by atoms with E-state index in [0.29, 0.717) is 35.2 Å². The van der Waals surface area contributed by atoms with Crippen LogP contribution in [0.3, 0.4) is 0 Å². The van der Waals surface area contributed by atoms with Crippen LogP contribution >= 0.6 is 11.6 Å². The average molecular weight is 406 g/mol. The van der Waals surface area contributed by atoms with E-state index in [2.05, 4.69) is 5.10 Å². The van der Waals surface area contributed by atoms with E-state index in [0.717, 1.165) is 26.1 Å². The van der Waals surface area contributed by atoms with Gasteiger partial charge in [0.25, 0.3) is 0 Å². The van der Waals surface area contributed by atoms with Crippen LogP contribution in [0, 0.1) is 5.92 Å². The molecule has 1 aromatic heterocycles. The zero-order valence-corrected chi connectivity index (χ0v) is 16.6. The summed E-state index contributed by atoms with van der Waals surface area (Å²) in [5.74, 6) is -0.331. The van der Waals surface area contributed by atoms with Crippen LogP contribution in [-0.2, 0) is 22.4 Å². The highest BCUT2D eigenvalue weighted by molar-refractivity contribution is 6.34. The van der Waals surface area contributed by atoms with Crippen LogP contribution in [0.4, 0.5) is 5.82 Å². The number of carbonyl (C=O) groups excluding carboxylic acids is 2. The summed E-state index contributed by atoms with van der Waals surface area (Å²) in [4.78, 5) is 24.9. The van der Waals surface area contributed by atoms with Crippen molar-refractivity contribution < 1.29 is 19.1 Å². The van der Waals surface area contributed by atoms with Crippen molar-refractivity contribution in [2.75, 3.05) is 25.6 Å². The van der Waals surface area contributed by atoms with E-state index in [4.69, 9.17) is 26.8 Å². The number of hydrogen-bond donors (Lipinski definition) is 1. The molecule has 0 atom stereocenters. The number of benzene rings is 1. The van der Waals surface area contributed by atoms with E-state index < -0.39 is 12.6 Å². The Morgan fingerprint density at radius 2 is 2.04 bits per heavy atom. The predicted octanol–water partition coefficient (Wildman–Crippen LogP) is 3.15. The summed E-state index contributed by atoms with van der Waals surface area (Å²) in [6, 6.07) is 6.64. The fourth-order valence-corrected chi connectivity index (χ4v) is 3.52. The molecule has 1 aliphatic heterocycles.